The first-order valence-corrected chi connectivity index (χ1v) is 7.15. The summed E-state index contributed by atoms with van der Waals surface area (Å²) in [6.07, 6.45) is 6.89. The molecule has 0 amide bonds. The van der Waals surface area contributed by atoms with Crippen LogP contribution in [0.4, 0.5) is 5.69 Å². The second-order valence-corrected chi connectivity index (χ2v) is 4.55. The molecule has 0 spiro atoms. The SMILES string of the molecule is CCCN(c1ccncc1)n1ccc2ccccc21.OCl. The van der Waals surface area contributed by atoms with Crippen LogP contribution in [0.2, 0.25) is 0 Å². The molecule has 0 aliphatic heterocycles. The average molecular weight is 304 g/mol. The number of fused-ring (bicyclic) bond motifs is 1. The Morgan fingerprint density at radius 3 is 2.52 bits per heavy atom. The standard InChI is InChI=1S/C16H17N3.ClHO/c1-2-12-18(15-7-10-17-11-8-15)19-13-9-14-5-3-4-6-16(14)19;1-2/h3-11,13H,2,12H2,1H3;2H. The van der Waals surface area contributed by atoms with Crippen molar-refractivity contribution in [1.29, 1.82) is 0 Å². The van der Waals surface area contributed by atoms with Crippen molar-refractivity contribution in [3.05, 3.63) is 61.1 Å². The molecule has 1 N–H and O–H groups in total. The first-order valence-electron chi connectivity index (χ1n) is 6.81. The number of hydrogen-bond donors (Lipinski definition) is 1. The van der Waals surface area contributed by atoms with E-state index in [1.165, 1.54) is 16.6 Å². The van der Waals surface area contributed by atoms with E-state index in [9.17, 15) is 0 Å². The number of rotatable bonds is 4. The highest BCUT2D eigenvalue weighted by atomic mass is 35.5. The fourth-order valence-electron chi connectivity index (χ4n) is 2.37. The summed E-state index contributed by atoms with van der Waals surface area (Å²) in [6, 6.07) is 14.7. The van der Waals surface area contributed by atoms with Crippen LogP contribution < -0.4 is 5.01 Å². The van der Waals surface area contributed by atoms with Crippen LogP contribution in [0.3, 0.4) is 0 Å². The molecular formula is C16H18ClN3O. The zero-order chi connectivity index (χ0) is 15.1. The normalized spacial score (nSPS) is 10.0. The number of para-hydroxylation sites is 1. The van der Waals surface area contributed by atoms with Gasteiger partial charge in [0.1, 0.15) is 0 Å². The largest absolute Gasteiger partial charge is 0.295 e. The summed E-state index contributed by atoms with van der Waals surface area (Å²) in [5, 5.41) is 3.54. The monoisotopic (exact) mass is 303 g/mol. The van der Waals surface area contributed by atoms with Gasteiger partial charge >= 0.3 is 0 Å². The van der Waals surface area contributed by atoms with Crippen LogP contribution >= 0.6 is 11.9 Å². The van der Waals surface area contributed by atoms with E-state index in [4.69, 9.17) is 4.66 Å². The Morgan fingerprint density at radius 1 is 1.10 bits per heavy atom. The number of halogens is 1. The van der Waals surface area contributed by atoms with Gasteiger partial charge in [0.25, 0.3) is 0 Å². The molecule has 0 bridgehead atoms. The van der Waals surface area contributed by atoms with E-state index < -0.39 is 0 Å². The minimum Gasteiger partial charge on any atom is -0.295 e. The van der Waals surface area contributed by atoms with Gasteiger partial charge in [-0.3, -0.25) is 19.3 Å². The average Bonchev–Trinajstić information content (AvgIpc) is 2.99. The Labute approximate surface area is 129 Å². The number of anilines is 1. The highest BCUT2D eigenvalue weighted by Crippen LogP contribution is 2.21. The predicted molar refractivity (Wildman–Crippen MR) is 87.3 cm³/mol. The van der Waals surface area contributed by atoms with Crippen molar-refractivity contribution in [2.45, 2.75) is 13.3 Å². The van der Waals surface area contributed by atoms with Crippen LogP contribution in [0.15, 0.2) is 61.1 Å². The van der Waals surface area contributed by atoms with E-state index in [1.807, 2.05) is 24.5 Å². The molecular weight excluding hydrogens is 286 g/mol. The summed E-state index contributed by atoms with van der Waals surface area (Å²) < 4.78 is 8.69. The molecule has 3 rings (SSSR count). The minimum absolute atomic E-state index is 0.975. The van der Waals surface area contributed by atoms with Gasteiger partial charge in [0.2, 0.25) is 0 Å². The number of pyridine rings is 1. The fourth-order valence-corrected chi connectivity index (χ4v) is 2.37. The Bertz CT molecular complexity index is 669. The fraction of sp³-hybridized carbons (Fsp3) is 0.188. The first-order chi connectivity index (χ1) is 10.4. The van der Waals surface area contributed by atoms with Gasteiger partial charge in [-0.25, -0.2) is 0 Å². The second-order valence-electron chi connectivity index (χ2n) is 4.55. The van der Waals surface area contributed by atoms with Crippen LogP contribution in [0.5, 0.6) is 0 Å². The zero-order valence-corrected chi connectivity index (χ0v) is 12.6. The maximum Gasteiger partial charge on any atom is 0.0698 e. The van der Waals surface area contributed by atoms with E-state index in [1.54, 1.807) is 0 Å². The van der Waals surface area contributed by atoms with E-state index >= 15 is 0 Å². The Kier molecular flexibility index (Phi) is 5.60. The van der Waals surface area contributed by atoms with Crippen LogP contribution in [0.1, 0.15) is 13.3 Å². The number of nitrogens with zero attached hydrogens (tertiary/aromatic N) is 3. The van der Waals surface area contributed by atoms with Crippen molar-refractivity contribution in [1.82, 2.24) is 9.66 Å². The quantitative estimate of drug-likeness (QED) is 0.796. The molecule has 21 heavy (non-hydrogen) atoms. The third-order valence-corrected chi connectivity index (χ3v) is 3.24. The van der Waals surface area contributed by atoms with Crippen molar-refractivity contribution < 1.29 is 4.66 Å². The maximum atomic E-state index is 6.47. The molecule has 0 unspecified atom stereocenters. The van der Waals surface area contributed by atoms with Gasteiger partial charge in [-0.1, -0.05) is 25.1 Å². The molecule has 3 aromatic rings. The molecule has 0 radical (unpaired) electrons. The topological polar surface area (TPSA) is 41.3 Å². The molecule has 0 fully saturated rings. The van der Waals surface area contributed by atoms with Crippen molar-refractivity contribution in [2.75, 3.05) is 11.6 Å². The number of benzene rings is 1. The summed E-state index contributed by atoms with van der Waals surface area (Å²) in [4.78, 5) is 4.10. The predicted octanol–water partition coefficient (Wildman–Crippen LogP) is 3.85. The second kappa shape index (κ2) is 7.67. The zero-order valence-electron chi connectivity index (χ0n) is 11.9. The van der Waals surface area contributed by atoms with Crippen molar-refractivity contribution in [2.24, 2.45) is 0 Å². The smallest absolute Gasteiger partial charge is 0.0698 e. The third-order valence-electron chi connectivity index (χ3n) is 3.24. The van der Waals surface area contributed by atoms with Gasteiger partial charge in [0.15, 0.2) is 0 Å². The van der Waals surface area contributed by atoms with Gasteiger partial charge in [-0.15, -0.1) is 0 Å². The lowest BCUT2D eigenvalue weighted by molar-refractivity contribution is 0.632. The van der Waals surface area contributed by atoms with E-state index in [2.05, 4.69) is 70.0 Å². The highest BCUT2D eigenvalue weighted by Gasteiger charge is 2.09. The van der Waals surface area contributed by atoms with Crippen LogP contribution in [-0.2, 0) is 0 Å². The molecule has 0 aliphatic carbocycles. The van der Waals surface area contributed by atoms with Gasteiger partial charge in [-0.2, -0.15) is 0 Å². The van der Waals surface area contributed by atoms with Gasteiger partial charge < -0.3 is 0 Å². The number of hydrogen-bond acceptors (Lipinski definition) is 3. The molecule has 0 saturated heterocycles. The molecule has 4 nitrogen and oxygen atoms in total. The lowest BCUT2D eigenvalue weighted by atomic mass is 10.2. The third kappa shape index (κ3) is 3.35. The first kappa shape index (κ1) is 15.4. The molecule has 2 heterocycles. The summed E-state index contributed by atoms with van der Waals surface area (Å²) in [7, 11) is 0. The Balaban J connectivity index is 0.000000774. The van der Waals surface area contributed by atoms with Gasteiger partial charge in [-0.05, 0) is 30.7 Å². The Morgan fingerprint density at radius 2 is 1.81 bits per heavy atom. The highest BCUT2D eigenvalue weighted by molar-refractivity contribution is 6.04. The molecule has 1 aromatic carbocycles. The van der Waals surface area contributed by atoms with Crippen LogP contribution in [-0.4, -0.2) is 20.9 Å². The maximum absolute atomic E-state index is 6.47. The van der Waals surface area contributed by atoms with Crippen LogP contribution in [0, 0.1) is 0 Å². The van der Waals surface area contributed by atoms with Crippen molar-refractivity contribution >= 4 is 28.5 Å². The molecule has 110 valence electrons. The molecule has 5 heteroatoms. The van der Waals surface area contributed by atoms with E-state index in [0.29, 0.717) is 0 Å². The van der Waals surface area contributed by atoms with E-state index in [-0.39, 0.29) is 0 Å². The van der Waals surface area contributed by atoms with Gasteiger partial charge in [0, 0.05) is 30.5 Å². The molecule has 2 aromatic heterocycles. The summed E-state index contributed by atoms with van der Waals surface area (Å²) in [6.45, 7) is 3.17. The molecule has 0 aliphatic rings. The molecule has 0 saturated carbocycles. The van der Waals surface area contributed by atoms with Crippen molar-refractivity contribution in [3.8, 4) is 0 Å². The summed E-state index contributed by atoms with van der Waals surface area (Å²) in [5.74, 6) is 0. The van der Waals surface area contributed by atoms with Crippen molar-refractivity contribution in [3.63, 3.8) is 0 Å². The number of aromatic nitrogens is 2. The van der Waals surface area contributed by atoms with Crippen LogP contribution in [0.25, 0.3) is 10.9 Å². The lowest BCUT2D eigenvalue weighted by Crippen LogP contribution is -2.29. The lowest BCUT2D eigenvalue weighted by Gasteiger charge is -2.26. The molecule has 0 atom stereocenters. The minimum atomic E-state index is 0.975. The van der Waals surface area contributed by atoms with E-state index in [0.717, 1.165) is 13.0 Å². The summed E-state index contributed by atoms with van der Waals surface area (Å²) in [5.41, 5.74) is 2.39. The Hall–Kier alpha value is -2.04. The van der Waals surface area contributed by atoms with Gasteiger partial charge in [0.05, 0.1) is 23.1 Å². The summed E-state index contributed by atoms with van der Waals surface area (Å²) >= 11 is 3.64.